The number of aryl methyl sites for hydroxylation is 1. The quantitative estimate of drug-likeness (QED) is 0.790. The van der Waals surface area contributed by atoms with Gasteiger partial charge in [0, 0.05) is 38.4 Å². The van der Waals surface area contributed by atoms with Gasteiger partial charge in [0.25, 0.3) is 0 Å². The van der Waals surface area contributed by atoms with Crippen molar-refractivity contribution in [3.05, 3.63) is 30.1 Å². The molecule has 3 heterocycles. The van der Waals surface area contributed by atoms with Crippen molar-refractivity contribution in [1.82, 2.24) is 29.4 Å². The van der Waals surface area contributed by atoms with Crippen LogP contribution in [0.3, 0.4) is 0 Å². The van der Waals surface area contributed by atoms with Crippen molar-refractivity contribution in [3.63, 3.8) is 0 Å². The molecule has 0 saturated heterocycles. The van der Waals surface area contributed by atoms with Gasteiger partial charge in [-0.05, 0) is 6.07 Å². The minimum Gasteiger partial charge on any atom is -0.313 e. The molecule has 0 aliphatic carbocycles. The van der Waals surface area contributed by atoms with Crippen LogP contribution in [0.4, 0.5) is 0 Å². The van der Waals surface area contributed by atoms with Gasteiger partial charge >= 0.3 is 0 Å². The second kappa shape index (κ2) is 4.89. The molecular weight excluding hydrogens is 228 g/mol. The smallest absolute Gasteiger partial charge is 0.147 e. The zero-order valence-electron chi connectivity index (χ0n) is 10.7. The van der Waals surface area contributed by atoms with Gasteiger partial charge in [-0.3, -0.25) is 9.58 Å². The van der Waals surface area contributed by atoms with E-state index < -0.39 is 0 Å². The predicted octanol–water partition coefficient (Wildman–Crippen LogP) is 0.553. The monoisotopic (exact) mass is 246 g/mol. The van der Waals surface area contributed by atoms with Crippen molar-refractivity contribution in [3.8, 4) is 0 Å². The summed E-state index contributed by atoms with van der Waals surface area (Å²) in [5, 5.41) is 12.7. The van der Waals surface area contributed by atoms with Crippen LogP contribution in [-0.2, 0) is 26.1 Å². The van der Waals surface area contributed by atoms with Crippen LogP contribution in [-0.4, -0.2) is 42.5 Å². The summed E-state index contributed by atoms with van der Waals surface area (Å²) in [4.78, 5) is 2.41. The van der Waals surface area contributed by atoms with Crippen LogP contribution in [0.2, 0.25) is 0 Å². The summed E-state index contributed by atoms with van der Waals surface area (Å²) in [5.41, 5.74) is 0. The summed E-state index contributed by atoms with van der Waals surface area (Å²) >= 11 is 0. The largest absolute Gasteiger partial charge is 0.313 e. The Hall–Kier alpha value is -1.69. The molecule has 0 atom stereocenters. The van der Waals surface area contributed by atoms with Gasteiger partial charge in [0.05, 0.1) is 13.1 Å². The highest BCUT2D eigenvalue weighted by atomic mass is 15.3. The summed E-state index contributed by atoms with van der Waals surface area (Å²) in [5.74, 6) is 2.20. The maximum Gasteiger partial charge on any atom is 0.147 e. The van der Waals surface area contributed by atoms with Crippen LogP contribution in [0.1, 0.15) is 18.6 Å². The zero-order valence-corrected chi connectivity index (χ0v) is 10.7. The van der Waals surface area contributed by atoms with Crippen LogP contribution in [0.25, 0.3) is 0 Å². The molecule has 6 heteroatoms. The van der Waals surface area contributed by atoms with Crippen molar-refractivity contribution >= 4 is 0 Å². The van der Waals surface area contributed by atoms with Gasteiger partial charge in [-0.2, -0.15) is 5.10 Å². The minimum atomic E-state index is 0.897. The Bertz CT molecular complexity index is 501. The molecule has 0 aromatic carbocycles. The molecular formula is C12H18N6. The van der Waals surface area contributed by atoms with Gasteiger partial charge in [0.15, 0.2) is 0 Å². The molecule has 0 saturated carbocycles. The third kappa shape index (κ3) is 2.15. The Labute approximate surface area is 106 Å². The highest BCUT2D eigenvalue weighted by molar-refractivity contribution is 4.98. The van der Waals surface area contributed by atoms with Crippen molar-refractivity contribution in [2.45, 2.75) is 33.0 Å². The molecule has 0 spiro atoms. The fourth-order valence-electron chi connectivity index (χ4n) is 2.40. The molecule has 1 aliphatic heterocycles. The van der Waals surface area contributed by atoms with Crippen molar-refractivity contribution < 1.29 is 0 Å². The Balaban J connectivity index is 1.61. The van der Waals surface area contributed by atoms with Crippen LogP contribution in [0, 0.1) is 0 Å². The number of nitrogens with zero attached hydrogens (tertiary/aromatic N) is 6. The van der Waals surface area contributed by atoms with Crippen molar-refractivity contribution in [2.75, 3.05) is 13.1 Å². The van der Waals surface area contributed by atoms with Crippen LogP contribution < -0.4 is 0 Å². The van der Waals surface area contributed by atoms with Crippen molar-refractivity contribution in [1.29, 1.82) is 0 Å². The normalized spacial score (nSPS) is 15.8. The van der Waals surface area contributed by atoms with E-state index in [4.69, 9.17) is 0 Å². The van der Waals surface area contributed by atoms with Crippen molar-refractivity contribution in [2.24, 2.45) is 0 Å². The molecule has 0 N–H and O–H groups in total. The topological polar surface area (TPSA) is 51.8 Å². The standard InChI is InChI=1S/C12H18N6/c1-2-11-14-15-12-10-16(7-9-18(11)12)6-8-17-5-3-4-13-17/h3-5H,2,6-10H2,1H3. The first-order valence-electron chi connectivity index (χ1n) is 6.47. The van der Waals surface area contributed by atoms with Crippen LogP contribution >= 0.6 is 0 Å². The molecule has 96 valence electrons. The lowest BCUT2D eigenvalue weighted by Gasteiger charge is -2.27. The Morgan fingerprint density at radius 1 is 1.22 bits per heavy atom. The number of fused-ring (bicyclic) bond motifs is 1. The third-order valence-electron chi connectivity index (χ3n) is 3.43. The average Bonchev–Trinajstić information content (AvgIpc) is 3.05. The van der Waals surface area contributed by atoms with E-state index in [-0.39, 0.29) is 0 Å². The van der Waals surface area contributed by atoms with E-state index in [0.29, 0.717) is 0 Å². The molecule has 0 radical (unpaired) electrons. The fourth-order valence-corrected chi connectivity index (χ4v) is 2.40. The minimum absolute atomic E-state index is 0.897. The second-order valence-electron chi connectivity index (χ2n) is 4.58. The van der Waals surface area contributed by atoms with E-state index in [1.165, 1.54) is 0 Å². The SMILES string of the molecule is CCc1nnc2n1CCN(CCn1cccn1)C2. The van der Waals surface area contributed by atoms with E-state index in [9.17, 15) is 0 Å². The summed E-state index contributed by atoms with van der Waals surface area (Å²) in [7, 11) is 0. The Kier molecular flexibility index (Phi) is 3.10. The number of hydrogen-bond acceptors (Lipinski definition) is 4. The first-order valence-corrected chi connectivity index (χ1v) is 6.47. The van der Waals surface area contributed by atoms with Gasteiger partial charge in [0.1, 0.15) is 11.6 Å². The molecule has 3 rings (SSSR count). The summed E-state index contributed by atoms with van der Waals surface area (Å²) in [6.07, 6.45) is 4.78. The molecule has 0 bridgehead atoms. The molecule has 2 aromatic rings. The van der Waals surface area contributed by atoms with E-state index in [2.05, 4.69) is 31.7 Å². The summed E-state index contributed by atoms with van der Waals surface area (Å²) < 4.78 is 4.22. The predicted molar refractivity (Wildman–Crippen MR) is 66.9 cm³/mol. The Morgan fingerprint density at radius 3 is 2.94 bits per heavy atom. The Morgan fingerprint density at radius 2 is 2.17 bits per heavy atom. The summed E-state index contributed by atoms with van der Waals surface area (Å²) in [6, 6.07) is 1.96. The van der Waals surface area contributed by atoms with E-state index in [1.807, 2.05) is 23.1 Å². The van der Waals surface area contributed by atoms with Gasteiger partial charge in [0.2, 0.25) is 0 Å². The molecule has 0 amide bonds. The number of hydrogen-bond donors (Lipinski definition) is 0. The highest BCUT2D eigenvalue weighted by Crippen LogP contribution is 2.12. The molecule has 0 unspecified atom stereocenters. The maximum atomic E-state index is 4.27. The zero-order chi connectivity index (χ0) is 12.4. The van der Waals surface area contributed by atoms with E-state index >= 15 is 0 Å². The molecule has 18 heavy (non-hydrogen) atoms. The lowest BCUT2D eigenvalue weighted by molar-refractivity contribution is 0.205. The first kappa shape index (κ1) is 11.4. The van der Waals surface area contributed by atoms with Crippen LogP contribution in [0.15, 0.2) is 18.5 Å². The van der Waals surface area contributed by atoms with Gasteiger partial charge in [-0.1, -0.05) is 6.92 Å². The van der Waals surface area contributed by atoms with Gasteiger partial charge < -0.3 is 4.57 Å². The molecule has 2 aromatic heterocycles. The average molecular weight is 246 g/mol. The van der Waals surface area contributed by atoms with E-state index in [0.717, 1.165) is 50.8 Å². The number of aromatic nitrogens is 5. The summed E-state index contributed by atoms with van der Waals surface area (Å²) in [6.45, 7) is 7.04. The van der Waals surface area contributed by atoms with Gasteiger partial charge in [-0.25, -0.2) is 0 Å². The fraction of sp³-hybridized carbons (Fsp3) is 0.583. The second-order valence-corrected chi connectivity index (χ2v) is 4.58. The first-order chi connectivity index (χ1) is 8.86. The molecule has 0 fully saturated rings. The van der Waals surface area contributed by atoms with Crippen LogP contribution in [0.5, 0.6) is 0 Å². The maximum absolute atomic E-state index is 4.27. The number of rotatable bonds is 4. The van der Waals surface area contributed by atoms with Gasteiger partial charge in [-0.15, -0.1) is 10.2 Å². The van der Waals surface area contributed by atoms with E-state index in [1.54, 1.807) is 0 Å². The lowest BCUT2D eigenvalue weighted by Crippen LogP contribution is -2.36. The third-order valence-corrected chi connectivity index (χ3v) is 3.43. The highest BCUT2D eigenvalue weighted by Gasteiger charge is 2.19. The molecule has 6 nitrogen and oxygen atoms in total. The molecule has 1 aliphatic rings. The lowest BCUT2D eigenvalue weighted by atomic mass is 10.3.